The van der Waals surface area contributed by atoms with Gasteiger partial charge in [-0.25, -0.2) is 4.98 Å². The van der Waals surface area contributed by atoms with Crippen LogP contribution < -0.4 is 4.90 Å². The van der Waals surface area contributed by atoms with Crippen LogP contribution in [-0.2, 0) is 16.6 Å². The van der Waals surface area contributed by atoms with Gasteiger partial charge in [-0.05, 0) is 37.1 Å². The van der Waals surface area contributed by atoms with E-state index in [9.17, 15) is 4.21 Å². The molecule has 0 amide bonds. The summed E-state index contributed by atoms with van der Waals surface area (Å²) in [6.45, 7) is 6.29. The molecule has 0 fully saturated rings. The van der Waals surface area contributed by atoms with Gasteiger partial charge < -0.3 is 9.88 Å². The highest BCUT2D eigenvalue weighted by atomic mass is 32.2. The number of H-pyrrole nitrogens is 1. The van der Waals surface area contributed by atoms with Crippen molar-refractivity contribution in [3.05, 3.63) is 54.1 Å². The minimum atomic E-state index is -1.19. The highest BCUT2D eigenvalue weighted by Crippen LogP contribution is 2.24. The van der Waals surface area contributed by atoms with Crippen LogP contribution in [0.2, 0.25) is 0 Å². The average Bonchev–Trinajstić information content (AvgIpc) is 3.05. The number of anilines is 1. The quantitative estimate of drug-likeness (QED) is 0.703. The van der Waals surface area contributed by atoms with E-state index in [1.54, 1.807) is 0 Å². The maximum atomic E-state index is 12.8. The SMILES string of the molecule is CCCN(CC)c1ccccc1CS(=O)c1nc2ccccc2[nH]1. The van der Waals surface area contributed by atoms with Gasteiger partial charge in [-0.2, -0.15) is 0 Å². The Labute approximate surface area is 145 Å². The summed E-state index contributed by atoms with van der Waals surface area (Å²) >= 11 is 0. The maximum Gasteiger partial charge on any atom is 0.197 e. The fourth-order valence-corrected chi connectivity index (χ4v) is 3.99. The van der Waals surface area contributed by atoms with Gasteiger partial charge in [-0.15, -0.1) is 0 Å². The number of nitrogens with one attached hydrogen (secondary N) is 1. The van der Waals surface area contributed by atoms with E-state index in [-0.39, 0.29) is 0 Å². The largest absolute Gasteiger partial charge is 0.372 e. The Balaban J connectivity index is 1.86. The van der Waals surface area contributed by atoms with Crippen LogP contribution in [0.3, 0.4) is 0 Å². The van der Waals surface area contributed by atoms with E-state index in [0.717, 1.165) is 36.1 Å². The molecular weight excluding hydrogens is 318 g/mol. The standard InChI is InChI=1S/C19H23N3OS/c1-3-13-22(4-2)18-12-8-5-9-15(18)14-24(23)19-20-16-10-6-7-11-17(16)21-19/h5-12H,3-4,13-14H2,1-2H3,(H,20,21). The Hall–Kier alpha value is -2.14. The zero-order chi connectivity index (χ0) is 16.9. The fourth-order valence-electron chi connectivity index (χ4n) is 2.91. The predicted molar refractivity (Wildman–Crippen MR) is 101 cm³/mol. The van der Waals surface area contributed by atoms with Crippen molar-refractivity contribution in [2.45, 2.75) is 31.2 Å². The third kappa shape index (κ3) is 3.51. The molecule has 0 aliphatic rings. The molecule has 1 N–H and O–H groups in total. The molecule has 0 radical (unpaired) electrons. The van der Waals surface area contributed by atoms with E-state index in [4.69, 9.17) is 0 Å². The predicted octanol–water partition coefficient (Wildman–Crippen LogP) is 4.11. The fraction of sp³-hybridized carbons (Fsp3) is 0.316. The van der Waals surface area contributed by atoms with Crippen molar-refractivity contribution in [3.63, 3.8) is 0 Å². The summed E-state index contributed by atoms with van der Waals surface area (Å²) in [4.78, 5) is 9.99. The minimum Gasteiger partial charge on any atom is -0.372 e. The number of nitrogens with zero attached hydrogens (tertiary/aromatic N) is 2. The normalized spacial score (nSPS) is 12.4. The molecule has 1 unspecified atom stereocenters. The van der Waals surface area contributed by atoms with Crippen LogP contribution in [0.5, 0.6) is 0 Å². The van der Waals surface area contributed by atoms with Crippen LogP contribution in [0.4, 0.5) is 5.69 Å². The molecule has 3 aromatic rings. The van der Waals surface area contributed by atoms with Gasteiger partial charge in [0.25, 0.3) is 0 Å². The molecule has 1 heterocycles. The number of para-hydroxylation sites is 3. The molecular formula is C19H23N3OS. The van der Waals surface area contributed by atoms with E-state index in [1.165, 1.54) is 5.69 Å². The zero-order valence-corrected chi connectivity index (χ0v) is 15.0. The number of aromatic amines is 1. The number of aromatic nitrogens is 2. The Morgan fingerprint density at radius 1 is 1.08 bits per heavy atom. The van der Waals surface area contributed by atoms with Crippen molar-refractivity contribution in [2.24, 2.45) is 0 Å². The first-order valence-electron chi connectivity index (χ1n) is 8.39. The molecule has 0 bridgehead atoms. The van der Waals surface area contributed by atoms with Crippen LogP contribution in [0, 0.1) is 0 Å². The van der Waals surface area contributed by atoms with Gasteiger partial charge in [0.05, 0.1) is 27.6 Å². The number of hydrogen-bond donors (Lipinski definition) is 1. The third-order valence-corrected chi connectivity index (χ3v) is 5.28. The molecule has 3 rings (SSSR count). The van der Waals surface area contributed by atoms with Crippen LogP contribution in [0.15, 0.2) is 53.7 Å². The van der Waals surface area contributed by atoms with Gasteiger partial charge in [-0.1, -0.05) is 37.3 Å². The first-order chi connectivity index (χ1) is 11.7. The average molecular weight is 341 g/mol. The highest BCUT2D eigenvalue weighted by molar-refractivity contribution is 7.84. The van der Waals surface area contributed by atoms with Crippen molar-refractivity contribution in [2.75, 3.05) is 18.0 Å². The van der Waals surface area contributed by atoms with Gasteiger partial charge in [0.15, 0.2) is 5.16 Å². The number of fused-ring (bicyclic) bond motifs is 1. The van der Waals surface area contributed by atoms with Crippen LogP contribution in [-0.4, -0.2) is 27.3 Å². The Morgan fingerprint density at radius 2 is 1.83 bits per heavy atom. The molecule has 0 saturated carbocycles. The second kappa shape index (κ2) is 7.62. The van der Waals surface area contributed by atoms with Crippen LogP contribution in [0.1, 0.15) is 25.8 Å². The Bertz CT molecular complexity index is 810. The molecule has 24 heavy (non-hydrogen) atoms. The Kier molecular flexibility index (Phi) is 5.30. The topological polar surface area (TPSA) is 49.0 Å². The van der Waals surface area contributed by atoms with Gasteiger partial charge in [0.1, 0.15) is 0 Å². The van der Waals surface area contributed by atoms with Gasteiger partial charge in [0.2, 0.25) is 0 Å². The zero-order valence-electron chi connectivity index (χ0n) is 14.2. The number of hydrogen-bond acceptors (Lipinski definition) is 3. The molecule has 4 nitrogen and oxygen atoms in total. The van der Waals surface area contributed by atoms with Crippen LogP contribution in [0.25, 0.3) is 11.0 Å². The summed E-state index contributed by atoms with van der Waals surface area (Å²) in [6, 6.07) is 16.0. The number of benzene rings is 2. The molecule has 1 atom stereocenters. The lowest BCUT2D eigenvalue weighted by Crippen LogP contribution is -2.24. The Morgan fingerprint density at radius 3 is 2.58 bits per heavy atom. The molecule has 5 heteroatoms. The first-order valence-corrected chi connectivity index (χ1v) is 9.70. The summed E-state index contributed by atoms with van der Waals surface area (Å²) in [6.07, 6.45) is 1.09. The van der Waals surface area contributed by atoms with Gasteiger partial charge in [-0.3, -0.25) is 4.21 Å². The van der Waals surface area contributed by atoms with Gasteiger partial charge in [0, 0.05) is 18.8 Å². The van der Waals surface area contributed by atoms with Crippen molar-refractivity contribution in [1.29, 1.82) is 0 Å². The van der Waals surface area contributed by atoms with Crippen molar-refractivity contribution < 1.29 is 4.21 Å². The number of imidazole rings is 1. The van der Waals surface area contributed by atoms with Crippen molar-refractivity contribution >= 4 is 27.5 Å². The van der Waals surface area contributed by atoms with Crippen molar-refractivity contribution in [3.8, 4) is 0 Å². The van der Waals surface area contributed by atoms with E-state index >= 15 is 0 Å². The number of rotatable bonds is 7. The summed E-state index contributed by atoms with van der Waals surface area (Å²) < 4.78 is 12.8. The second-order valence-corrected chi connectivity index (χ2v) is 7.12. The van der Waals surface area contributed by atoms with E-state index in [0.29, 0.717) is 10.9 Å². The lowest BCUT2D eigenvalue weighted by Gasteiger charge is -2.25. The third-order valence-electron chi connectivity index (χ3n) is 4.08. The maximum absolute atomic E-state index is 12.8. The first kappa shape index (κ1) is 16.7. The molecule has 0 saturated heterocycles. The molecule has 126 valence electrons. The van der Waals surface area contributed by atoms with E-state index < -0.39 is 10.8 Å². The monoisotopic (exact) mass is 341 g/mol. The molecule has 0 spiro atoms. The molecule has 1 aromatic heterocycles. The lowest BCUT2D eigenvalue weighted by atomic mass is 10.1. The summed E-state index contributed by atoms with van der Waals surface area (Å²) in [5.41, 5.74) is 4.06. The van der Waals surface area contributed by atoms with Crippen LogP contribution >= 0.6 is 0 Å². The summed E-state index contributed by atoms with van der Waals surface area (Å²) in [5.74, 6) is 0.468. The molecule has 2 aromatic carbocycles. The lowest BCUT2D eigenvalue weighted by molar-refractivity contribution is 0.677. The molecule has 0 aliphatic carbocycles. The summed E-state index contributed by atoms with van der Waals surface area (Å²) in [7, 11) is -1.19. The summed E-state index contributed by atoms with van der Waals surface area (Å²) in [5, 5.41) is 0.546. The smallest absolute Gasteiger partial charge is 0.197 e. The van der Waals surface area contributed by atoms with E-state index in [1.807, 2.05) is 36.4 Å². The molecule has 0 aliphatic heterocycles. The van der Waals surface area contributed by atoms with E-state index in [2.05, 4.69) is 40.8 Å². The van der Waals surface area contributed by atoms with Gasteiger partial charge >= 0.3 is 0 Å². The highest BCUT2D eigenvalue weighted by Gasteiger charge is 2.15. The van der Waals surface area contributed by atoms with Crippen molar-refractivity contribution in [1.82, 2.24) is 9.97 Å². The minimum absolute atomic E-state index is 0.468. The second-order valence-electron chi connectivity index (χ2n) is 5.76.